The van der Waals surface area contributed by atoms with Crippen molar-refractivity contribution in [3.63, 3.8) is 0 Å². The summed E-state index contributed by atoms with van der Waals surface area (Å²) < 4.78 is 5.52. The van der Waals surface area contributed by atoms with E-state index in [9.17, 15) is 0 Å². The van der Waals surface area contributed by atoms with Crippen LogP contribution >= 0.6 is 0 Å². The quantitative estimate of drug-likeness (QED) is 0.539. The van der Waals surface area contributed by atoms with Gasteiger partial charge in [0.2, 0.25) is 0 Å². The zero-order valence-electron chi connectivity index (χ0n) is 15.6. The summed E-state index contributed by atoms with van der Waals surface area (Å²) >= 11 is 0. The van der Waals surface area contributed by atoms with Gasteiger partial charge in [-0.05, 0) is 43.3 Å². The predicted octanol–water partition coefficient (Wildman–Crippen LogP) is 3.99. The average molecular weight is 361 g/mol. The third-order valence-electron chi connectivity index (χ3n) is 4.69. The lowest BCUT2D eigenvalue weighted by Crippen LogP contribution is -2.25. The summed E-state index contributed by atoms with van der Waals surface area (Å²) in [5.41, 5.74) is 5.15. The van der Waals surface area contributed by atoms with Gasteiger partial charge in [-0.15, -0.1) is 0 Å². The highest BCUT2D eigenvalue weighted by Gasteiger charge is 2.12. The smallest absolute Gasteiger partial charge is 0.151 e. The van der Waals surface area contributed by atoms with E-state index in [1.54, 1.807) is 12.4 Å². The molecule has 0 aliphatic carbocycles. The molecule has 0 fully saturated rings. The first-order chi connectivity index (χ1) is 13.2. The first-order valence-corrected chi connectivity index (χ1v) is 9.25. The number of nitrogens with one attached hydrogen (secondary N) is 1. The molecule has 4 aromatic rings. The molecule has 0 radical (unpaired) electrons. The Hall–Kier alpha value is -2.99. The van der Waals surface area contributed by atoms with E-state index in [4.69, 9.17) is 4.52 Å². The molecule has 27 heavy (non-hydrogen) atoms. The number of pyridine rings is 1. The van der Waals surface area contributed by atoms with Crippen LogP contribution in [0.1, 0.15) is 24.1 Å². The molecule has 0 saturated heterocycles. The van der Waals surface area contributed by atoms with E-state index in [2.05, 4.69) is 57.1 Å². The molecule has 0 aliphatic rings. The molecule has 3 aromatic heterocycles. The van der Waals surface area contributed by atoms with Gasteiger partial charge < -0.3 is 9.51 Å². The van der Waals surface area contributed by atoms with E-state index < -0.39 is 0 Å². The van der Waals surface area contributed by atoms with E-state index in [1.165, 1.54) is 5.56 Å². The highest BCUT2D eigenvalue weighted by atomic mass is 16.5. The van der Waals surface area contributed by atoms with Crippen molar-refractivity contribution in [3.05, 3.63) is 65.9 Å². The second-order valence-corrected chi connectivity index (χ2v) is 6.74. The Morgan fingerprint density at radius 2 is 2.11 bits per heavy atom. The monoisotopic (exact) mass is 361 g/mol. The molecular weight excluding hydrogens is 338 g/mol. The van der Waals surface area contributed by atoms with Crippen molar-refractivity contribution < 1.29 is 4.52 Å². The third-order valence-corrected chi connectivity index (χ3v) is 4.69. The second-order valence-electron chi connectivity index (χ2n) is 6.74. The van der Waals surface area contributed by atoms with Crippen molar-refractivity contribution >= 4 is 11.0 Å². The standard InChI is InChI=1S/C21H23N5O/c1-3-26(10-8-21-23-18-7-6-15(2)11-20(18)24-21)14-17-12-19(25-27-17)16-5-4-9-22-13-16/h4-7,9,11-13H,3,8,10,14H2,1-2H3,(H,23,24). The van der Waals surface area contributed by atoms with E-state index in [0.29, 0.717) is 0 Å². The van der Waals surface area contributed by atoms with Gasteiger partial charge in [-0.25, -0.2) is 4.98 Å². The Labute approximate surface area is 158 Å². The molecule has 0 saturated carbocycles. The minimum Gasteiger partial charge on any atom is -0.359 e. The fourth-order valence-corrected chi connectivity index (χ4v) is 3.17. The molecule has 0 unspecified atom stereocenters. The number of likely N-dealkylation sites (N-methyl/N-ethyl adjacent to an activating group) is 1. The van der Waals surface area contributed by atoms with Crippen LogP contribution in [0, 0.1) is 6.92 Å². The van der Waals surface area contributed by atoms with Crippen LogP contribution < -0.4 is 0 Å². The number of hydrogen-bond donors (Lipinski definition) is 1. The van der Waals surface area contributed by atoms with Gasteiger partial charge in [-0.1, -0.05) is 18.1 Å². The molecule has 138 valence electrons. The van der Waals surface area contributed by atoms with Crippen LogP contribution in [-0.4, -0.2) is 38.1 Å². The van der Waals surface area contributed by atoms with Crippen LogP contribution in [0.2, 0.25) is 0 Å². The van der Waals surface area contributed by atoms with E-state index in [-0.39, 0.29) is 0 Å². The molecule has 6 heteroatoms. The van der Waals surface area contributed by atoms with Crippen molar-refractivity contribution in [1.29, 1.82) is 0 Å². The molecule has 0 aliphatic heterocycles. The molecule has 1 N–H and O–H groups in total. The summed E-state index contributed by atoms with van der Waals surface area (Å²) in [5, 5.41) is 4.17. The van der Waals surface area contributed by atoms with Gasteiger partial charge in [-0.3, -0.25) is 9.88 Å². The molecule has 0 spiro atoms. The lowest BCUT2D eigenvalue weighted by molar-refractivity contribution is 0.243. The normalized spacial score (nSPS) is 11.5. The summed E-state index contributed by atoms with van der Waals surface area (Å²) in [6.45, 7) is 6.81. The predicted molar refractivity (Wildman–Crippen MR) is 105 cm³/mol. The second kappa shape index (κ2) is 7.72. The maximum atomic E-state index is 5.52. The van der Waals surface area contributed by atoms with Crippen molar-refractivity contribution in [3.8, 4) is 11.3 Å². The Morgan fingerprint density at radius 1 is 1.19 bits per heavy atom. The number of rotatable bonds is 7. The average Bonchev–Trinajstić information content (AvgIpc) is 3.32. The van der Waals surface area contributed by atoms with Crippen LogP contribution in [0.25, 0.3) is 22.3 Å². The largest absolute Gasteiger partial charge is 0.359 e. The summed E-state index contributed by atoms with van der Waals surface area (Å²) in [4.78, 5) is 14.6. The van der Waals surface area contributed by atoms with Gasteiger partial charge >= 0.3 is 0 Å². The number of benzene rings is 1. The van der Waals surface area contributed by atoms with Crippen molar-refractivity contribution in [2.75, 3.05) is 13.1 Å². The highest BCUT2D eigenvalue weighted by Crippen LogP contribution is 2.19. The number of aromatic amines is 1. The molecule has 0 atom stereocenters. The fourth-order valence-electron chi connectivity index (χ4n) is 3.17. The van der Waals surface area contributed by atoms with Crippen LogP contribution in [0.3, 0.4) is 0 Å². The van der Waals surface area contributed by atoms with Crippen molar-refractivity contribution in [2.45, 2.75) is 26.8 Å². The first kappa shape index (κ1) is 17.4. The number of nitrogens with zero attached hydrogens (tertiary/aromatic N) is 4. The zero-order chi connectivity index (χ0) is 18.6. The maximum Gasteiger partial charge on any atom is 0.151 e. The van der Waals surface area contributed by atoms with E-state index >= 15 is 0 Å². The van der Waals surface area contributed by atoms with E-state index in [0.717, 1.165) is 59.9 Å². The zero-order valence-corrected chi connectivity index (χ0v) is 15.6. The Bertz CT molecular complexity index is 1020. The SMILES string of the molecule is CCN(CCc1nc2ccc(C)cc2[nH]1)Cc1cc(-c2cccnc2)no1. The van der Waals surface area contributed by atoms with Gasteiger partial charge in [-0.2, -0.15) is 0 Å². The minimum absolute atomic E-state index is 0.725. The molecule has 3 heterocycles. The Morgan fingerprint density at radius 3 is 2.93 bits per heavy atom. The molecule has 4 rings (SSSR count). The molecule has 0 amide bonds. The molecular formula is C21H23N5O. The van der Waals surface area contributed by atoms with Crippen LogP contribution in [-0.2, 0) is 13.0 Å². The Kier molecular flexibility index (Phi) is 4.98. The number of aromatic nitrogens is 4. The fraction of sp³-hybridized carbons (Fsp3) is 0.286. The lowest BCUT2D eigenvalue weighted by Gasteiger charge is -2.17. The topological polar surface area (TPSA) is 70.8 Å². The summed E-state index contributed by atoms with van der Waals surface area (Å²) in [5.74, 6) is 1.87. The highest BCUT2D eigenvalue weighted by molar-refractivity contribution is 5.75. The summed E-state index contributed by atoms with van der Waals surface area (Å²) in [7, 11) is 0. The Balaban J connectivity index is 1.39. The number of H-pyrrole nitrogens is 1. The number of fused-ring (bicyclic) bond motifs is 1. The van der Waals surface area contributed by atoms with Crippen molar-refractivity contribution in [1.82, 2.24) is 25.0 Å². The van der Waals surface area contributed by atoms with Gasteiger partial charge in [0.25, 0.3) is 0 Å². The van der Waals surface area contributed by atoms with Crippen LogP contribution in [0.15, 0.2) is 53.3 Å². The van der Waals surface area contributed by atoms with Gasteiger partial charge in [0.05, 0.1) is 17.6 Å². The number of aryl methyl sites for hydroxylation is 1. The third kappa shape index (κ3) is 4.06. The maximum absolute atomic E-state index is 5.52. The number of hydrogen-bond acceptors (Lipinski definition) is 5. The first-order valence-electron chi connectivity index (χ1n) is 9.25. The van der Waals surface area contributed by atoms with Crippen LogP contribution in [0.5, 0.6) is 0 Å². The van der Waals surface area contributed by atoms with Crippen LogP contribution in [0.4, 0.5) is 0 Å². The molecule has 1 aromatic carbocycles. The van der Waals surface area contributed by atoms with Gasteiger partial charge in [0, 0.05) is 37.0 Å². The van der Waals surface area contributed by atoms with Crippen molar-refractivity contribution in [2.24, 2.45) is 0 Å². The van der Waals surface area contributed by atoms with Gasteiger partial charge in [0.15, 0.2) is 5.76 Å². The lowest BCUT2D eigenvalue weighted by atomic mass is 10.2. The van der Waals surface area contributed by atoms with E-state index in [1.807, 2.05) is 18.2 Å². The molecule has 0 bridgehead atoms. The number of imidazole rings is 1. The minimum atomic E-state index is 0.725. The molecule has 6 nitrogen and oxygen atoms in total. The van der Waals surface area contributed by atoms with Gasteiger partial charge in [0.1, 0.15) is 11.5 Å². The summed E-state index contributed by atoms with van der Waals surface area (Å²) in [6.07, 6.45) is 4.41. The summed E-state index contributed by atoms with van der Waals surface area (Å²) in [6, 6.07) is 12.2.